The average molecular weight is 392 g/mol. The number of pyridine rings is 1. The summed E-state index contributed by atoms with van der Waals surface area (Å²) in [4.78, 5) is 31.3. The van der Waals surface area contributed by atoms with E-state index >= 15 is 0 Å². The van der Waals surface area contributed by atoms with E-state index in [0.717, 1.165) is 12.8 Å². The van der Waals surface area contributed by atoms with E-state index in [1.54, 1.807) is 11.5 Å². The molecule has 9 nitrogen and oxygen atoms in total. The lowest BCUT2D eigenvalue weighted by molar-refractivity contribution is 0.138. The number of aromatic nitrogens is 3. The van der Waals surface area contributed by atoms with Gasteiger partial charge >= 0.3 is 5.69 Å². The maximum Gasteiger partial charge on any atom is 0.350 e. The molecule has 4 N–H and O–H groups in total. The van der Waals surface area contributed by atoms with Crippen LogP contribution >= 0.6 is 0 Å². The molecule has 152 valence electrons. The van der Waals surface area contributed by atoms with Gasteiger partial charge in [-0.1, -0.05) is 0 Å². The number of fused-ring (bicyclic) bond motifs is 1. The second-order valence-corrected chi connectivity index (χ2v) is 7.73. The number of hydrogen-bond acceptors (Lipinski definition) is 7. The quantitative estimate of drug-likeness (QED) is 0.668. The van der Waals surface area contributed by atoms with Crippen LogP contribution < -0.4 is 27.7 Å². The van der Waals surface area contributed by atoms with Gasteiger partial charge in [-0.15, -0.1) is 0 Å². The van der Waals surface area contributed by atoms with Gasteiger partial charge < -0.3 is 21.2 Å². The van der Waals surface area contributed by atoms with Crippen molar-refractivity contribution in [2.24, 2.45) is 11.7 Å². The Labute approximate surface area is 160 Å². The van der Waals surface area contributed by atoms with E-state index in [1.165, 1.54) is 13.3 Å². The first-order valence-electron chi connectivity index (χ1n) is 9.40. The number of nitrogen functional groups attached to an aromatic ring is 1. The van der Waals surface area contributed by atoms with Gasteiger partial charge in [0.25, 0.3) is 5.56 Å². The standard InChI is InChI=1S/C18H25FN6O3/c1-9-15-11(17(26)25(21)18(27)24(15)10-3-4-10)5-22-16(9)23-6-12(13(19)7-23)14(20)8-28-2/h5,10,12-14H,3-4,6-8,20-21H2,1-2H3. The van der Waals surface area contributed by atoms with Gasteiger partial charge in [-0.05, 0) is 19.8 Å². The largest absolute Gasteiger partial charge is 0.383 e. The molecule has 4 rings (SSSR count). The summed E-state index contributed by atoms with van der Waals surface area (Å²) < 4.78 is 21.9. The van der Waals surface area contributed by atoms with Crippen molar-refractivity contribution in [2.75, 3.05) is 37.5 Å². The summed E-state index contributed by atoms with van der Waals surface area (Å²) in [5.74, 6) is 5.87. The summed E-state index contributed by atoms with van der Waals surface area (Å²) in [6.45, 7) is 2.63. The molecule has 0 amide bonds. The molecule has 2 aliphatic rings. The number of nitrogens with two attached hydrogens (primary N) is 2. The predicted octanol–water partition coefficient (Wildman–Crippen LogP) is -0.337. The number of rotatable bonds is 5. The van der Waals surface area contributed by atoms with E-state index in [9.17, 15) is 14.0 Å². The van der Waals surface area contributed by atoms with Crippen LogP contribution in [0.3, 0.4) is 0 Å². The normalized spacial score (nSPS) is 23.5. The zero-order valence-corrected chi connectivity index (χ0v) is 16.0. The van der Waals surface area contributed by atoms with Gasteiger partial charge in [-0.25, -0.2) is 14.2 Å². The zero-order chi connectivity index (χ0) is 20.2. The summed E-state index contributed by atoms with van der Waals surface area (Å²) in [6.07, 6.45) is 2.03. The number of alkyl halides is 1. The molecule has 2 aromatic heterocycles. The van der Waals surface area contributed by atoms with E-state index in [2.05, 4.69) is 4.98 Å². The molecule has 0 spiro atoms. The minimum absolute atomic E-state index is 0.0229. The molecule has 0 radical (unpaired) electrons. The van der Waals surface area contributed by atoms with E-state index in [4.69, 9.17) is 16.3 Å². The Kier molecular flexibility index (Phi) is 4.62. The van der Waals surface area contributed by atoms with Crippen molar-refractivity contribution in [3.05, 3.63) is 32.6 Å². The van der Waals surface area contributed by atoms with Crippen molar-refractivity contribution < 1.29 is 9.13 Å². The van der Waals surface area contributed by atoms with Crippen LogP contribution in [0.5, 0.6) is 0 Å². The molecular weight excluding hydrogens is 367 g/mol. The van der Waals surface area contributed by atoms with Crippen molar-refractivity contribution in [3.63, 3.8) is 0 Å². The van der Waals surface area contributed by atoms with E-state index in [0.29, 0.717) is 33.5 Å². The van der Waals surface area contributed by atoms with Gasteiger partial charge in [0, 0.05) is 43.4 Å². The average Bonchev–Trinajstić information content (AvgIpc) is 3.42. The first-order valence-corrected chi connectivity index (χ1v) is 9.40. The molecule has 1 saturated carbocycles. The Morgan fingerprint density at radius 1 is 1.36 bits per heavy atom. The molecule has 10 heteroatoms. The summed E-state index contributed by atoms with van der Waals surface area (Å²) in [7, 11) is 1.54. The van der Waals surface area contributed by atoms with Crippen LogP contribution in [0.15, 0.2) is 15.8 Å². The molecule has 3 unspecified atom stereocenters. The molecule has 2 fully saturated rings. The Morgan fingerprint density at radius 2 is 2.07 bits per heavy atom. The number of halogens is 1. The SMILES string of the molecule is COCC(N)C1CN(c2ncc3c(=O)n(N)c(=O)n(C4CC4)c3c2C)CC1F. The number of ether oxygens (including phenoxy) is 1. The number of methoxy groups -OCH3 is 1. The Bertz CT molecular complexity index is 1030. The van der Waals surface area contributed by atoms with Crippen LogP contribution in [0.4, 0.5) is 10.2 Å². The molecule has 0 bridgehead atoms. The first kappa shape index (κ1) is 18.9. The maximum absolute atomic E-state index is 14.6. The third kappa shape index (κ3) is 2.87. The minimum atomic E-state index is -1.11. The fraction of sp³-hybridized carbons (Fsp3) is 0.611. The fourth-order valence-electron chi connectivity index (χ4n) is 4.16. The van der Waals surface area contributed by atoms with Crippen molar-refractivity contribution in [3.8, 4) is 0 Å². The number of anilines is 1. The van der Waals surface area contributed by atoms with Gasteiger partial charge in [0.05, 0.1) is 24.1 Å². The summed E-state index contributed by atoms with van der Waals surface area (Å²) in [6, 6.07) is -0.394. The second kappa shape index (κ2) is 6.85. The lowest BCUT2D eigenvalue weighted by atomic mass is 9.99. The molecule has 1 aliphatic carbocycles. The van der Waals surface area contributed by atoms with Gasteiger partial charge in [0.2, 0.25) is 0 Å². The Morgan fingerprint density at radius 3 is 2.71 bits per heavy atom. The Hall–Kier alpha value is -2.46. The monoisotopic (exact) mass is 392 g/mol. The number of nitrogens with zero attached hydrogens (tertiary/aromatic N) is 4. The third-order valence-electron chi connectivity index (χ3n) is 5.78. The predicted molar refractivity (Wildman–Crippen MR) is 104 cm³/mol. The van der Waals surface area contributed by atoms with Crippen molar-refractivity contribution in [1.29, 1.82) is 0 Å². The highest BCUT2D eigenvalue weighted by molar-refractivity contribution is 5.84. The number of hydrogen-bond donors (Lipinski definition) is 2. The molecule has 3 heterocycles. The van der Waals surface area contributed by atoms with Gasteiger partial charge in [0.15, 0.2) is 0 Å². The lowest BCUT2D eigenvalue weighted by Gasteiger charge is -2.23. The minimum Gasteiger partial charge on any atom is -0.383 e. The third-order valence-corrected chi connectivity index (χ3v) is 5.78. The molecule has 3 atom stereocenters. The second-order valence-electron chi connectivity index (χ2n) is 7.73. The van der Waals surface area contributed by atoms with Crippen molar-refractivity contribution in [2.45, 2.75) is 38.0 Å². The van der Waals surface area contributed by atoms with Gasteiger partial charge in [0.1, 0.15) is 12.0 Å². The van der Waals surface area contributed by atoms with Crippen molar-refractivity contribution in [1.82, 2.24) is 14.2 Å². The maximum atomic E-state index is 14.6. The van der Waals surface area contributed by atoms with Crippen molar-refractivity contribution >= 4 is 16.7 Å². The van der Waals surface area contributed by atoms with Crippen LogP contribution in [0.1, 0.15) is 24.4 Å². The van der Waals surface area contributed by atoms with Gasteiger partial charge in [-0.2, -0.15) is 4.68 Å². The highest BCUT2D eigenvalue weighted by atomic mass is 19.1. The van der Waals surface area contributed by atoms with Crippen LogP contribution in [0, 0.1) is 12.8 Å². The molecule has 1 aliphatic heterocycles. The smallest absolute Gasteiger partial charge is 0.350 e. The molecule has 0 aromatic carbocycles. The number of aryl methyl sites for hydroxylation is 1. The van der Waals surface area contributed by atoms with E-state index in [-0.39, 0.29) is 25.1 Å². The van der Waals surface area contributed by atoms with Crippen LogP contribution in [0.2, 0.25) is 0 Å². The zero-order valence-electron chi connectivity index (χ0n) is 16.0. The molecule has 2 aromatic rings. The Balaban J connectivity index is 1.81. The van der Waals surface area contributed by atoms with E-state index in [1.807, 2.05) is 4.90 Å². The summed E-state index contributed by atoms with van der Waals surface area (Å²) in [5.41, 5.74) is 6.15. The van der Waals surface area contributed by atoms with Crippen LogP contribution in [0.25, 0.3) is 10.9 Å². The van der Waals surface area contributed by atoms with E-state index < -0.39 is 23.5 Å². The summed E-state index contributed by atoms with van der Waals surface area (Å²) in [5, 5.41) is 0.291. The lowest BCUT2D eigenvalue weighted by Crippen LogP contribution is -2.44. The van der Waals surface area contributed by atoms with Crippen LogP contribution in [-0.4, -0.2) is 53.2 Å². The topological polar surface area (TPSA) is 121 Å². The molecule has 1 saturated heterocycles. The first-order chi connectivity index (χ1) is 13.3. The highest BCUT2D eigenvalue weighted by Gasteiger charge is 2.38. The summed E-state index contributed by atoms with van der Waals surface area (Å²) >= 11 is 0. The van der Waals surface area contributed by atoms with Crippen LogP contribution in [-0.2, 0) is 4.74 Å². The molecule has 28 heavy (non-hydrogen) atoms. The fourth-order valence-corrected chi connectivity index (χ4v) is 4.16. The van der Waals surface area contributed by atoms with Gasteiger partial charge in [-0.3, -0.25) is 9.36 Å². The molecular formula is C18H25FN6O3. The highest BCUT2D eigenvalue weighted by Crippen LogP contribution is 2.37.